The Morgan fingerprint density at radius 1 is 1.00 bits per heavy atom. The number of nitrogens with zero attached hydrogens (tertiary/aromatic N) is 1. The highest BCUT2D eigenvalue weighted by Crippen LogP contribution is 2.08. The van der Waals surface area contributed by atoms with Crippen LogP contribution in [0.2, 0.25) is 0 Å². The molecule has 2 amide bonds. The molecule has 0 bridgehead atoms. The normalized spacial score (nSPS) is 11.1. The fraction of sp³-hybridized carbons (Fsp3) is 0.923. The molecule has 0 aliphatic rings. The molecule has 0 rings (SSSR count). The van der Waals surface area contributed by atoms with Gasteiger partial charge < -0.3 is 4.90 Å². The summed E-state index contributed by atoms with van der Waals surface area (Å²) in [6.07, 6.45) is 4.30. The molecule has 95 valence electrons. The quantitative estimate of drug-likeness (QED) is 0.625. The van der Waals surface area contributed by atoms with E-state index in [4.69, 9.17) is 5.73 Å². The summed E-state index contributed by atoms with van der Waals surface area (Å²) in [6.45, 7) is 10.2. The molecular weight excluding hydrogens is 200 g/mol. The maximum absolute atomic E-state index is 11.1. The topological polar surface area (TPSA) is 44.1 Å². The maximum atomic E-state index is 11.1. The highest BCUT2D eigenvalue weighted by Gasteiger charge is 2.10. The third kappa shape index (κ3) is 8.57. The molecule has 16 heavy (non-hydrogen) atoms. The SMILES string of the molecule is CC(C)CCCN(CCCC(C)C)C([NH])=O. The zero-order valence-electron chi connectivity index (χ0n) is 11.3. The number of carbonyl (C=O) groups is 1. The highest BCUT2D eigenvalue weighted by atomic mass is 16.2. The number of nitrogens with one attached hydrogen (secondary N) is 1. The van der Waals surface area contributed by atoms with Gasteiger partial charge in [0.2, 0.25) is 0 Å². The lowest BCUT2D eigenvalue weighted by Gasteiger charge is -2.20. The first-order valence-electron chi connectivity index (χ1n) is 6.44. The number of hydrogen-bond acceptors (Lipinski definition) is 1. The zero-order valence-corrected chi connectivity index (χ0v) is 11.3. The van der Waals surface area contributed by atoms with Gasteiger partial charge in [-0.2, -0.15) is 0 Å². The van der Waals surface area contributed by atoms with Gasteiger partial charge in [-0.1, -0.05) is 27.7 Å². The van der Waals surface area contributed by atoms with Gasteiger partial charge in [-0.25, -0.2) is 10.5 Å². The predicted molar refractivity (Wildman–Crippen MR) is 68.2 cm³/mol. The summed E-state index contributed by atoms with van der Waals surface area (Å²) in [6, 6.07) is -0.521. The molecule has 0 unspecified atom stereocenters. The van der Waals surface area contributed by atoms with Crippen LogP contribution in [-0.2, 0) is 0 Å². The van der Waals surface area contributed by atoms with E-state index in [0.717, 1.165) is 38.8 Å². The molecule has 0 spiro atoms. The molecular formula is C13H27N2O. The van der Waals surface area contributed by atoms with Crippen LogP contribution >= 0.6 is 0 Å². The van der Waals surface area contributed by atoms with Crippen LogP contribution < -0.4 is 5.73 Å². The number of carbonyl (C=O) groups excluding carboxylic acids is 1. The Morgan fingerprint density at radius 3 is 1.62 bits per heavy atom. The van der Waals surface area contributed by atoms with Crippen LogP contribution in [0.1, 0.15) is 53.4 Å². The van der Waals surface area contributed by atoms with Gasteiger partial charge in [0.25, 0.3) is 0 Å². The van der Waals surface area contributed by atoms with Gasteiger partial charge in [-0.05, 0) is 37.5 Å². The lowest BCUT2D eigenvalue weighted by Crippen LogP contribution is -2.32. The monoisotopic (exact) mass is 227 g/mol. The Labute approximate surface area is 100 Å². The molecule has 0 saturated heterocycles. The molecule has 1 radical (unpaired) electrons. The molecule has 0 fully saturated rings. The third-order valence-corrected chi connectivity index (χ3v) is 2.71. The van der Waals surface area contributed by atoms with E-state index in [2.05, 4.69) is 27.7 Å². The minimum Gasteiger partial charge on any atom is -0.323 e. The van der Waals surface area contributed by atoms with Crippen molar-refractivity contribution in [2.45, 2.75) is 53.4 Å². The number of urea groups is 1. The standard InChI is InChI=1S/C13H27N2O/c1-11(2)7-5-9-15(13(14)16)10-6-8-12(3)4/h11-12,14H,5-10H2,1-4H3. The molecule has 0 aromatic rings. The second-order valence-electron chi connectivity index (χ2n) is 5.36. The van der Waals surface area contributed by atoms with Gasteiger partial charge in [0.1, 0.15) is 0 Å². The number of hydrogen-bond donors (Lipinski definition) is 0. The first kappa shape index (κ1) is 15.3. The zero-order chi connectivity index (χ0) is 12.6. The fourth-order valence-corrected chi connectivity index (χ4v) is 1.70. The second-order valence-corrected chi connectivity index (χ2v) is 5.36. The van der Waals surface area contributed by atoms with Crippen molar-refractivity contribution in [2.24, 2.45) is 11.8 Å². The van der Waals surface area contributed by atoms with Gasteiger partial charge in [0.05, 0.1) is 0 Å². The van der Waals surface area contributed by atoms with Crippen molar-refractivity contribution in [3.8, 4) is 0 Å². The number of amides is 2. The maximum Gasteiger partial charge on any atom is 0.336 e. The average molecular weight is 227 g/mol. The van der Waals surface area contributed by atoms with Crippen LogP contribution in [0.25, 0.3) is 0 Å². The van der Waals surface area contributed by atoms with Crippen molar-refractivity contribution < 1.29 is 4.79 Å². The van der Waals surface area contributed by atoms with E-state index >= 15 is 0 Å². The van der Waals surface area contributed by atoms with Gasteiger partial charge >= 0.3 is 6.03 Å². The first-order valence-corrected chi connectivity index (χ1v) is 6.44. The molecule has 0 aliphatic carbocycles. The minimum atomic E-state index is -0.521. The van der Waals surface area contributed by atoms with E-state index < -0.39 is 6.03 Å². The summed E-state index contributed by atoms with van der Waals surface area (Å²) in [4.78, 5) is 12.8. The smallest absolute Gasteiger partial charge is 0.323 e. The van der Waals surface area contributed by atoms with E-state index in [9.17, 15) is 4.79 Å². The Bertz CT molecular complexity index is 176. The van der Waals surface area contributed by atoms with E-state index in [1.165, 1.54) is 0 Å². The van der Waals surface area contributed by atoms with Crippen molar-refractivity contribution in [2.75, 3.05) is 13.1 Å². The van der Waals surface area contributed by atoms with E-state index in [0.29, 0.717) is 11.8 Å². The second kappa shape index (κ2) is 8.43. The lowest BCUT2D eigenvalue weighted by atomic mass is 10.1. The van der Waals surface area contributed by atoms with Crippen molar-refractivity contribution in [1.29, 1.82) is 0 Å². The van der Waals surface area contributed by atoms with Gasteiger partial charge in [0.15, 0.2) is 0 Å². The summed E-state index contributed by atoms with van der Waals surface area (Å²) < 4.78 is 0. The lowest BCUT2D eigenvalue weighted by molar-refractivity contribution is 0.202. The Morgan fingerprint density at radius 2 is 1.38 bits per heavy atom. The molecule has 3 nitrogen and oxygen atoms in total. The molecule has 0 saturated carbocycles. The Kier molecular flexibility index (Phi) is 8.04. The molecule has 0 heterocycles. The van der Waals surface area contributed by atoms with Crippen LogP contribution in [-0.4, -0.2) is 24.0 Å². The predicted octanol–water partition coefficient (Wildman–Crippen LogP) is 3.56. The summed E-state index contributed by atoms with van der Waals surface area (Å²) in [5.41, 5.74) is 7.19. The molecule has 0 aromatic heterocycles. The van der Waals surface area contributed by atoms with Crippen LogP contribution in [0.3, 0.4) is 0 Å². The van der Waals surface area contributed by atoms with E-state index in [1.807, 2.05) is 0 Å². The Balaban J connectivity index is 3.76. The molecule has 3 heteroatoms. The summed E-state index contributed by atoms with van der Waals surface area (Å²) in [7, 11) is 0. The van der Waals surface area contributed by atoms with Crippen molar-refractivity contribution >= 4 is 6.03 Å². The summed E-state index contributed by atoms with van der Waals surface area (Å²) in [5.74, 6) is 1.36. The fourth-order valence-electron chi connectivity index (χ4n) is 1.70. The van der Waals surface area contributed by atoms with Gasteiger partial charge in [-0.15, -0.1) is 0 Å². The van der Waals surface area contributed by atoms with Gasteiger partial charge in [0, 0.05) is 13.1 Å². The van der Waals surface area contributed by atoms with Crippen LogP contribution in [0.15, 0.2) is 0 Å². The Hall–Kier alpha value is -0.730. The highest BCUT2D eigenvalue weighted by molar-refractivity contribution is 5.71. The minimum absolute atomic E-state index is 0.521. The summed E-state index contributed by atoms with van der Waals surface area (Å²) >= 11 is 0. The summed E-state index contributed by atoms with van der Waals surface area (Å²) in [5, 5.41) is 0. The van der Waals surface area contributed by atoms with Crippen molar-refractivity contribution in [3.05, 3.63) is 0 Å². The number of rotatable bonds is 8. The molecule has 0 aliphatic heterocycles. The third-order valence-electron chi connectivity index (χ3n) is 2.71. The molecule has 0 aromatic carbocycles. The average Bonchev–Trinajstić information content (AvgIpc) is 2.14. The molecule has 0 atom stereocenters. The van der Waals surface area contributed by atoms with E-state index in [1.54, 1.807) is 4.90 Å². The van der Waals surface area contributed by atoms with Crippen molar-refractivity contribution in [1.82, 2.24) is 10.6 Å². The van der Waals surface area contributed by atoms with Crippen LogP contribution in [0.4, 0.5) is 4.79 Å². The van der Waals surface area contributed by atoms with Crippen LogP contribution in [0, 0.1) is 11.8 Å². The largest absolute Gasteiger partial charge is 0.336 e. The first-order chi connectivity index (χ1) is 7.43. The van der Waals surface area contributed by atoms with Crippen LogP contribution in [0.5, 0.6) is 0 Å². The molecule has 1 N–H and O–H groups in total. The van der Waals surface area contributed by atoms with E-state index in [-0.39, 0.29) is 0 Å². The van der Waals surface area contributed by atoms with Crippen molar-refractivity contribution in [3.63, 3.8) is 0 Å². The van der Waals surface area contributed by atoms with Gasteiger partial charge in [-0.3, -0.25) is 0 Å².